The molecule has 0 bridgehead atoms. The highest BCUT2D eigenvalue weighted by atomic mass is 19.4. The van der Waals surface area contributed by atoms with Crippen LogP contribution in [0.2, 0.25) is 0 Å². The summed E-state index contributed by atoms with van der Waals surface area (Å²) in [6.07, 6.45) is -2.62. The molecule has 2 amide bonds. The lowest BCUT2D eigenvalue weighted by Gasteiger charge is -2.25. The average molecular weight is 311 g/mol. The van der Waals surface area contributed by atoms with Crippen molar-refractivity contribution in [2.45, 2.75) is 25.1 Å². The Bertz CT molecular complexity index is 372. The quantitative estimate of drug-likeness (QED) is 0.639. The van der Waals surface area contributed by atoms with Crippen molar-refractivity contribution in [2.24, 2.45) is 0 Å². The third kappa shape index (κ3) is 7.86. The van der Waals surface area contributed by atoms with Gasteiger partial charge in [0.05, 0.1) is 26.2 Å². The molecule has 1 aliphatic rings. The molecule has 0 aliphatic heterocycles. The average Bonchev–Trinajstić information content (AvgIpc) is 3.10. The standard InChI is InChI=1S/C12H20F3N3O3/c1-17(6-10(20)16-9-2-3-9)11(21)7-18(4-5-19)8-12(13,14)15/h9,19H,2-8H2,1H3,(H,16,20). The minimum atomic E-state index is -4.45. The van der Waals surface area contributed by atoms with Gasteiger partial charge in [0.25, 0.3) is 0 Å². The maximum Gasteiger partial charge on any atom is 0.401 e. The summed E-state index contributed by atoms with van der Waals surface area (Å²) in [5.41, 5.74) is 0. The number of aliphatic hydroxyl groups is 1. The molecule has 0 radical (unpaired) electrons. The lowest BCUT2D eigenvalue weighted by Crippen LogP contribution is -2.46. The van der Waals surface area contributed by atoms with Crippen LogP contribution in [-0.4, -0.2) is 78.8 Å². The van der Waals surface area contributed by atoms with Crippen molar-refractivity contribution in [1.29, 1.82) is 0 Å². The summed E-state index contributed by atoms with van der Waals surface area (Å²) in [6.45, 7) is -2.69. The predicted octanol–water partition coefficient (Wildman–Crippen LogP) is -0.420. The highest BCUT2D eigenvalue weighted by Gasteiger charge is 2.32. The molecule has 0 saturated heterocycles. The molecule has 6 nitrogen and oxygen atoms in total. The second-order valence-corrected chi connectivity index (χ2v) is 5.14. The molecule has 0 heterocycles. The van der Waals surface area contributed by atoms with Crippen molar-refractivity contribution < 1.29 is 27.9 Å². The number of nitrogens with one attached hydrogen (secondary N) is 1. The van der Waals surface area contributed by atoms with Crippen molar-refractivity contribution in [1.82, 2.24) is 15.1 Å². The Morgan fingerprint density at radius 1 is 1.29 bits per heavy atom. The number of amides is 2. The largest absolute Gasteiger partial charge is 0.401 e. The predicted molar refractivity (Wildman–Crippen MR) is 68.4 cm³/mol. The van der Waals surface area contributed by atoms with E-state index >= 15 is 0 Å². The summed E-state index contributed by atoms with van der Waals surface area (Å²) in [4.78, 5) is 25.2. The van der Waals surface area contributed by atoms with Gasteiger partial charge in [0.1, 0.15) is 0 Å². The molecule has 9 heteroatoms. The summed E-state index contributed by atoms with van der Waals surface area (Å²) >= 11 is 0. The molecule has 1 fully saturated rings. The SMILES string of the molecule is CN(CC(=O)NC1CC1)C(=O)CN(CCO)CC(F)(F)F. The van der Waals surface area contributed by atoms with Crippen molar-refractivity contribution in [3.63, 3.8) is 0 Å². The van der Waals surface area contributed by atoms with Crippen molar-refractivity contribution in [3.8, 4) is 0 Å². The van der Waals surface area contributed by atoms with E-state index in [-0.39, 0.29) is 25.0 Å². The first-order chi connectivity index (χ1) is 9.71. The molecule has 0 aromatic rings. The number of carbonyl (C=O) groups is 2. The van der Waals surface area contributed by atoms with E-state index in [1.54, 1.807) is 0 Å². The van der Waals surface area contributed by atoms with Gasteiger partial charge >= 0.3 is 6.18 Å². The maximum atomic E-state index is 12.3. The van der Waals surface area contributed by atoms with E-state index in [1.807, 2.05) is 0 Å². The summed E-state index contributed by atoms with van der Waals surface area (Å²) in [5.74, 6) is -0.920. The van der Waals surface area contributed by atoms with Crippen molar-refractivity contribution in [3.05, 3.63) is 0 Å². The molecule has 0 unspecified atom stereocenters. The Hall–Kier alpha value is -1.35. The number of aliphatic hydroxyl groups excluding tert-OH is 1. The van der Waals surface area contributed by atoms with E-state index in [9.17, 15) is 22.8 Å². The Labute approximate surface area is 120 Å². The van der Waals surface area contributed by atoms with E-state index in [0.717, 1.165) is 22.6 Å². The van der Waals surface area contributed by atoms with Crippen LogP contribution in [0.4, 0.5) is 13.2 Å². The van der Waals surface area contributed by atoms with E-state index in [4.69, 9.17) is 5.11 Å². The van der Waals surface area contributed by atoms with Crippen LogP contribution in [0.25, 0.3) is 0 Å². The number of rotatable bonds is 8. The molecule has 1 rings (SSSR count). The second kappa shape index (κ2) is 7.60. The molecule has 21 heavy (non-hydrogen) atoms. The molecular formula is C12H20F3N3O3. The van der Waals surface area contributed by atoms with Gasteiger partial charge in [-0.15, -0.1) is 0 Å². The first-order valence-electron chi connectivity index (χ1n) is 6.64. The van der Waals surface area contributed by atoms with Gasteiger partial charge in [-0.25, -0.2) is 0 Å². The summed E-state index contributed by atoms with van der Waals surface area (Å²) in [7, 11) is 1.36. The lowest BCUT2D eigenvalue weighted by atomic mass is 10.4. The molecular weight excluding hydrogens is 291 g/mol. The fraction of sp³-hybridized carbons (Fsp3) is 0.833. The number of halogens is 3. The smallest absolute Gasteiger partial charge is 0.395 e. The maximum absolute atomic E-state index is 12.3. The summed E-state index contributed by atoms with van der Waals surface area (Å²) < 4.78 is 37.0. The van der Waals surface area contributed by atoms with E-state index in [0.29, 0.717) is 0 Å². The lowest BCUT2D eigenvalue weighted by molar-refractivity contribution is -0.152. The normalized spacial score (nSPS) is 15.1. The molecule has 1 saturated carbocycles. The van der Waals surface area contributed by atoms with Gasteiger partial charge in [0, 0.05) is 19.6 Å². The second-order valence-electron chi connectivity index (χ2n) is 5.14. The number of carbonyl (C=O) groups excluding carboxylic acids is 2. The zero-order valence-corrected chi connectivity index (χ0v) is 11.8. The third-order valence-electron chi connectivity index (χ3n) is 2.93. The zero-order valence-electron chi connectivity index (χ0n) is 11.8. The Kier molecular flexibility index (Phi) is 6.41. The van der Waals surface area contributed by atoms with Gasteiger partial charge in [-0.05, 0) is 12.8 Å². The van der Waals surface area contributed by atoms with Crippen LogP contribution >= 0.6 is 0 Å². The van der Waals surface area contributed by atoms with Crippen LogP contribution in [0, 0.1) is 0 Å². The fourth-order valence-electron chi connectivity index (χ4n) is 1.73. The fourth-order valence-corrected chi connectivity index (χ4v) is 1.73. The van der Waals surface area contributed by atoms with Crippen LogP contribution in [0.1, 0.15) is 12.8 Å². The topological polar surface area (TPSA) is 72.9 Å². The van der Waals surface area contributed by atoms with E-state index in [2.05, 4.69) is 5.32 Å². The highest BCUT2D eigenvalue weighted by Crippen LogP contribution is 2.18. The molecule has 0 atom stereocenters. The Morgan fingerprint density at radius 2 is 1.90 bits per heavy atom. The number of hydrogen-bond donors (Lipinski definition) is 2. The van der Waals surface area contributed by atoms with Crippen molar-refractivity contribution >= 4 is 11.8 Å². The number of nitrogens with zero attached hydrogens (tertiary/aromatic N) is 2. The number of likely N-dealkylation sites (N-methyl/N-ethyl adjacent to an activating group) is 1. The highest BCUT2D eigenvalue weighted by molar-refractivity contribution is 5.85. The van der Waals surface area contributed by atoms with Crippen molar-refractivity contribution in [2.75, 3.05) is 39.8 Å². The van der Waals surface area contributed by atoms with Gasteiger partial charge in [0.2, 0.25) is 11.8 Å². The van der Waals surface area contributed by atoms with Crippen LogP contribution in [0.15, 0.2) is 0 Å². The molecule has 0 aromatic heterocycles. The van der Waals surface area contributed by atoms with Crippen LogP contribution in [-0.2, 0) is 9.59 Å². The summed E-state index contributed by atoms with van der Waals surface area (Å²) in [6, 6.07) is 0.164. The number of alkyl halides is 3. The van der Waals surface area contributed by atoms with Crippen LogP contribution in [0.5, 0.6) is 0 Å². The minimum Gasteiger partial charge on any atom is -0.395 e. The summed E-state index contributed by atoms with van der Waals surface area (Å²) in [5, 5.41) is 11.4. The van der Waals surface area contributed by atoms with Crippen LogP contribution in [0.3, 0.4) is 0 Å². The van der Waals surface area contributed by atoms with Gasteiger partial charge in [0.15, 0.2) is 0 Å². The van der Waals surface area contributed by atoms with E-state index < -0.39 is 31.8 Å². The first-order valence-corrected chi connectivity index (χ1v) is 6.64. The first kappa shape index (κ1) is 17.7. The number of hydrogen-bond acceptors (Lipinski definition) is 4. The molecule has 0 aromatic carbocycles. The molecule has 1 aliphatic carbocycles. The third-order valence-corrected chi connectivity index (χ3v) is 2.93. The monoisotopic (exact) mass is 311 g/mol. The molecule has 2 N–H and O–H groups in total. The van der Waals surface area contributed by atoms with Crippen LogP contribution < -0.4 is 5.32 Å². The van der Waals surface area contributed by atoms with Gasteiger partial charge in [-0.1, -0.05) is 0 Å². The van der Waals surface area contributed by atoms with Gasteiger partial charge in [-0.3, -0.25) is 14.5 Å². The molecule has 122 valence electrons. The molecule has 0 spiro atoms. The Balaban J connectivity index is 2.41. The van der Waals surface area contributed by atoms with E-state index in [1.165, 1.54) is 7.05 Å². The zero-order chi connectivity index (χ0) is 16.0. The Morgan fingerprint density at radius 3 is 2.38 bits per heavy atom. The van der Waals surface area contributed by atoms with Gasteiger partial charge < -0.3 is 15.3 Å². The minimum absolute atomic E-state index is 0.164. The van der Waals surface area contributed by atoms with Gasteiger partial charge in [-0.2, -0.15) is 13.2 Å².